The predicted octanol–water partition coefficient (Wildman–Crippen LogP) is 3.59. The second-order valence-corrected chi connectivity index (χ2v) is 3.85. The van der Waals surface area contributed by atoms with Crippen LogP contribution in [0, 0.1) is 0 Å². The van der Waals surface area contributed by atoms with Crippen molar-refractivity contribution in [2.24, 2.45) is 0 Å². The molecule has 0 aliphatic heterocycles. The van der Waals surface area contributed by atoms with Crippen LogP contribution in [-0.4, -0.2) is 23.9 Å². The number of rotatable bonds is 9. The van der Waals surface area contributed by atoms with Crippen molar-refractivity contribution in [2.75, 3.05) is 13.1 Å². The SMILES string of the molecule is C=C/C=C(OC=C)/C(C)=C/CCN(CC)C(=O)C=C. The molecule has 0 rings (SSSR count). The fraction of sp³-hybridized carbons (Fsp3) is 0.312. The van der Waals surface area contributed by atoms with Crippen molar-refractivity contribution in [1.82, 2.24) is 4.90 Å². The number of likely N-dealkylation sites (N-methyl/N-ethyl adjacent to an activating group) is 1. The summed E-state index contributed by atoms with van der Waals surface area (Å²) in [6.07, 6.45) is 8.94. The Balaban J connectivity index is 4.56. The van der Waals surface area contributed by atoms with Crippen LogP contribution in [0.4, 0.5) is 0 Å². The van der Waals surface area contributed by atoms with Gasteiger partial charge in [0.2, 0.25) is 5.91 Å². The van der Waals surface area contributed by atoms with E-state index in [1.54, 1.807) is 17.1 Å². The first kappa shape index (κ1) is 17.0. The van der Waals surface area contributed by atoms with Crippen molar-refractivity contribution in [3.05, 3.63) is 61.6 Å². The van der Waals surface area contributed by atoms with Gasteiger partial charge in [0.05, 0.1) is 6.26 Å². The molecule has 0 aromatic rings. The summed E-state index contributed by atoms with van der Waals surface area (Å²) in [6, 6.07) is 0. The van der Waals surface area contributed by atoms with E-state index >= 15 is 0 Å². The molecule has 0 saturated heterocycles. The second kappa shape index (κ2) is 9.95. The molecule has 0 unspecified atom stereocenters. The smallest absolute Gasteiger partial charge is 0.245 e. The highest BCUT2D eigenvalue weighted by molar-refractivity contribution is 5.86. The molecule has 0 aromatic carbocycles. The highest BCUT2D eigenvalue weighted by Crippen LogP contribution is 2.12. The number of hydrogen-bond acceptors (Lipinski definition) is 2. The minimum absolute atomic E-state index is 0.0437. The molecule has 3 heteroatoms. The average molecular weight is 261 g/mol. The zero-order valence-corrected chi connectivity index (χ0v) is 11.9. The summed E-state index contributed by atoms with van der Waals surface area (Å²) in [7, 11) is 0. The normalized spacial score (nSPS) is 11.7. The van der Waals surface area contributed by atoms with Crippen LogP contribution in [0.5, 0.6) is 0 Å². The first-order chi connectivity index (χ1) is 9.10. The van der Waals surface area contributed by atoms with Crippen LogP contribution in [0.25, 0.3) is 0 Å². The van der Waals surface area contributed by atoms with Crippen molar-refractivity contribution in [3.8, 4) is 0 Å². The van der Waals surface area contributed by atoms with Gasteiger partial charge in [0.25, 0.3) is 0 Å². The summed E-state index contributed by atoms with van der Waals surface area (Å²) < 4.78 is 5.29. The van der Waals surface area contributed by atoms with Crippen molar-refractivity contribution in [3.63, 3.8) is 0 Å². The van der Waals surface area contributed by atoms with Gasteiger partial charge in [0, 0.05) is 13.1 Å². The lowest BCUT2D eigenvalue weighted by molar-refractivity contribution is -0.125. The Morgan fingerprint density at radius 2 is 2.00 bits per heavy atom. The molecule has 0 saturated carbocycles. The fourth-order valence-corrected chi connectivity index (χ4v) is 1.55. The minimum Gasteiger partial charge on any atom is -0.465 e. The van der Waals surface area contributed by atoms with Crippen molar-refractivity contribution in [1.29, 1.82) is 0 Å². The second-order valence-electron chi connectivity index (χ2n) is 3.85. The largest absolute Gasteiger partial charge is 0.465 e. The minimum atomic E-state index is -0.0437. The van der Waals surface area contributed by atoms with Gasteiger partial charge in [-0.25, -0.2) is 0 Å². The molecule has 104 valence electrons. The highest BCUT2D eigenvalue weighted by atomic mass is 16.5. The standard InChI is InChI=1S/C16H23NO2/c1-6-11-15(19-9-4)14(5)12-10-13-17(8-3)16(18)7-2/h6-7,9,11-12H,1-2,4,8,10,13H2,3,5H3/b14-12+,15-11-. The third kappa shape index (κ3) is 6.46. The molecular weight excluding hydrogens is 238 g/mol. The van der Waals surface area contributed by atoms with E-state index in [-0.39, 0.29) is 5.91 Å². The van der Waals surface area contributed by atoms with Crippen LogP contribution in [0.3, 0.4) is 0 Å². The number of carbonyl (C=O) groups excluding carboxylic acids is 1. The number of allylic oxidation sites excluding steroid dienone is 3. The zero-order valence-electron chi connectivity index (χ0n) is 11.9. The number of carbonyl (C=O) groups is 1. The van der Waals surface area contributed by atoms with Crippen molar-refractivity contribution >= 4 is 5.91 Å². The molecule has 0 aliphatic carbocycles. The van der Waals surface area contributed by atoms with Crippen LogP contribution in [0.2, 0.25) is 0 Å². The molecule has 3 nitrogen and oxygen atoms in total. The zero-order chi connectivity index (χ0) is 14.7. The number of amides is 1. The monoisotopic (exact) mass is 261 g/mol. The summed E-state index contributed by atoms with van der Waals surface area (Å²) in [5.74, 6) is 0.667. The highest BCUT2D eigenvalue weighted by Gasteiger charge is 2.06. The summed E-state index contributed by atoms with van der Waals surface area (Å²) >= 11 is 0. The lowest BCUT2D eigenvalue weighted by Gasteiger charge is -2.18. The molecule has 0 radical (unpaired) electrons. The maximum atomic E-state index is 11.5. The van der Waals surface area contributed by atoms with Crippen LogP contribution < -0.4 is 0 Å². The molecule has 0 heterocycles. The van der Waals surface area contributed by atoms with Gasteiger partial charge in [-0.3, -0.25) is 4.79 Å². The summed E-state index contributed by atoms with van der Waals surface area (Å²) in [5, 5.41) is 0. The fourth-order valence-electron chi connectivity index (χ4n) is 1.55. The molecular formula is C16H23NO2. The number of nitrogens with zero attached hydrogens (tertiary/aromatic N) is 1. The van der Waals surface area contributed by atoms with Crippen LogP contribution in [0.15, 0.2) is 61.6 Å². The van der Waals surface area contributed by atoms with Gasteiger partial charge in [0.15, 0.2) is 0 Å². The van der Waals surface area contributed by atoms with Gasteiger partial charge < -0.3 is 9.64 Å². The lowest BCUT2D eigenvalue weighted by atomic mass is 10.2. The quantitative estimate of drug-likeness (QED) is 0.360. The van der Waals surface area contributed by atoms with Gasteiger partial charge in [-0.15, -0.1) is 0 Å². The summed E-state index contributed by atoms with van der Waals surface area (Å²) in [6.45, 7) is 15.9. The first-order valence-corrected chi connectivity index (χ1v) is 6.29. The van der Waals surface area contributed by atoms with E-state index in [1.165, 1.54) is 12.3 Å². The Labute approximate surface area is 116 Å². The van der Waals surface area contributed by atoms with E-state index in [0.29, 0.717) is 18.8 Å². The van der Waals surface area contributed by atoms with Crippen molar-refractivity contribution < 1.29 is 9.53 Å². The lowest BCUT2D eigenvalue weighted by Crippen LogP contribution is -2.29. The number of ether oxygens (including phenoxy) is 1. The van der Waals surface area contributed by atoms with Gasteiger partial charge >= 0.3 is 0 Å². The maximum Gasteiger partial charge on any atom is 0.245 e. The Morgan fingerprint density at radius 1 is 1.32 bits per heavy atom. The van der Waals surface area contributed by atoms with E-state index in [1.807, 2.05) is 19.9 Å². The van der Waals surface area contributed by atoms with Crippen LogP contribution in [0.1, 0.15) is 20.3 Å². The first-order valence-electron chi connectivity index (χ1n) is 6.29. The van der Waals surface area contributed by atoms with E-state index in [4.69, 9.17) is 4.74 Å². The third-order valence-corrected chi connectivity index (χ3v) is 2.59. The molecule has 0 fully saturated rings. The van der Waals surface area contributed by atoms with Gasteiger partial charge in [-0.1, -0.05) is 31.9 Å². The Morgan fingerprint density at radius 3 is 2.47 bits per heavy atom. The topological polar surface area (TPSA) is 29.5 Å². The molecule has 0 N–H and O–H groups in total. The van der Waals surface area contributed by atoms with E-state index in [2.05, 4.69) is 19.7 Å². The van der Waals surface area contributed by atoms with Crippen molar-refractivity contribution in [2.45, 2.75) is 20.3 Å². The third-order valence-electron chi connectivity index (χ3n) is 2.59. The summed E-state index contributed by atoms with van der Waals surface area (Å²) in [4.78, 5) is 13.2. The summed E-state index contributed by atoms with van der Waals surface area (Å²) in [5.41, 5.74) is 0.988. The Bertz CT molecular complexity index is 392. The number of hydrogen-bond donors (Lipinski definition) is 0. The van der Waals surface area contributed by atoms with Crippen LogP contribution in [-0.2, 0) is 9.53 Å². The van der Waals surface area contributed by atoms with Crippen LogP contribution >= 0.6 is 0 Å². The van der Waals surface area contributed by atoms with E-state index in [0.717, 1.165) is 12.0 Å². The Kier molecular flexibility index (Phi) is 8.88. The molecule has 0 spiro atoms. The Hall–Kier alpha value is -2.03. The molecule has 0 aromatic heterocycles. The predicted molar refractivity (Wildman–Crippen MR) is 80.4 cm³/mol. The van der Waals surface area contributed by atoms with Gasteiger partial charge in [0.1, 0.15) is 5.76 Å². The van der Waals surface area contributed by atoms with Gasteiger partial charge in [-0.05, 0) is 38.0 Å². The van der Waals surface area contributed by atoms with Gasteiger partial charge in [-0.2, -0.15) is 0 Å². The van der Waals surface area contributed by atoms with E-state index in [9.17, 15) is 4.79 Å². The molecule has 19 heavy (non-hydrogen) atoms. The van der Waals surface area contributed by atoms with E-state index < -0.39 is 0 Å². The molecule has 0 bridgehead atoms. The molecule has 0 aliphatic rings. The average Bonchev–Trinajstić information content (AvgIpc) is 2.42. The molecule has 1 amide bonds. The molecule has 0 atom stereocenters. The maximum absolute atomic E-state index is 11.5.